The van der Waals surface area contributed by atoms with E-state index in [4.69, 9.17) is 9.47 Å². The Hall–Kier alpha value is -3.30. The van der Waals surface area contributed by atoms with Crippen LogP contribution in [0.1, 0.15) is 5.56 Å². The van der Waals surface area contributed by atoms with Crippen LogP contribution in [0.25, 0.3) is 17.3 Å². The van der Waals surface area contributed by atoms with Crippen molar-refractivity contribution in [1.82, 2.24) is 4.98 Å². The number of morpholine rings is 1. The summed E-state index contributed by atoms with van der Waals surface area (Å²) in [4.78, 5) is 18.6. The monoisotopic (exact) mass is 457 g/mol. The van der Waals surface area contributed by atoms with Gasteiger partial charge in [-0.1, -0.05) is 12.1 Å². The summed E-state index contributed by atoms with van der Waals surface area (Å²) in [5.74, 6) is -1.88. The highest BCUT2D eigenvalue weighted by Crippen LogP contribution is 2.32. The number of carbonyl (C=O) groups excluding carboxylic acids is 1. The first-order chi connectivity index (χ1) is 15.5. The summed E-state index contributed by atoms with van der Waals surface area (Å²) in [7, 11) is 1.33. The third-order valence-corrected chi connectivity index (χ3v) is 5.70. The number of hydrogen-bond acceptors (Lipinski definition) is 6. The number of halogens is 2. The van der Waals surface area contributed by atoms with Crippen LogP contribution in [0.15, 0.2) is 47.9 Å². The summed E-state index contributed by atoms with van der Waals surface area (Å²) < 4.78 is 38.7. The fraction of sp³-hybridized carbons (Fsp3) is 0.217. The Kier molecular flexibility index (Phi) is 6.77. The van der Waals surface area contributed by atoms with Gasteiger partial charge in [0.2, 0.25) is 5.91 Å². The summed E-state index contributed by atoms with van der Waals surface area (Å²) in [6, 6.07) is 10.1. The summed E-state index contributed by atoms with van der Waals surface area (Å²) in [5, 5.41) is 4.34. The van der Waals surface area contributed by atoms with E-state index in [1.54, 1.807) is 6.08 Å². The number of amides is 1. The van der Waals surface area contributed by atoms with Crippen LogP contribution in [0, 0.1) is 11.6 Å². The van der Waals surface area contributed by atoms with E-state index in [1.165, 1.54) is 18.6 Å². The lowest BCUT2D eigenvalue weighted by molar-refractivity contribution is -0.111. The van der Waals surface area contributed by atoms with Crippen molar-refractivity contribution >= 4 is 34.1 Å². The molecule has 3 aromatic rings. The van der Waals surface area contributed by atoms with E-state index in [0.29, 0.717) is 0 Å². The highest BCUT2D eigenvalue weighted by atomic mass is 32.1. The average Bonchev–Trinajstić information content (AvgIpc) is 3.25. The number of nitrogens with one attached hydrogen (secondary N) is 1. The number of methoxy groups -OCH3 is 1. The van der Waals surface area contributed by atoms with E-state index >= 15 is 0 Å². The fourth-order valence-electron chi connectivity index (χ4n) is 3.30. The topological polar surface area (TPSA) is 63.7 Å². The lowest BCUT2D eigenvalue weighted by atomic mass is 10.1. The standard InChI is InChI=1S/C23H21F2N3O3S/c1-30-17-12-18(24)22(19(25)13-17)20-14-32-23(26-20)27-21(29)7-4-15-2-5-16(6-3-15)28-8-10-31-11-9-28/h2-7,12-14H,8-11H2,1H3,(H,26,27,29)/b7-4+. The molecule has 4 rings (SSSR count). The minimum absolute atomic E-state index is 0.0793. The quantitative estimate of drug-likeness (QED) is 0.549. The summed E-state index contributed by atoms with van der Waals surface area (Å²) in [5.41, 5.74) is 1.83. The molecule has 9 heteroatoms. The molecule has 6 nitrogen and oxygen atoms in total. The average molecular weight is 458 g/mol. The zero-order valence-electron chi connectivity index (χ0n) is 17.3. The molecule has 32 heavy (non-hydrogen) atoms. The molecule has 0 saturated carbocycles. The maximum absolute atomic E-state index is 14.2. The minimum Gasteiger partial charge on any atom is -0.497 e. The number of hydrogen-bond donors (Lipinski definition) is 1. The van der Waals surface area contributed by atoms with Gasteiger partial charge >= 0.3 is 0 Å². The number of thiazole rings is 1. The molecule has 0 aliphatic carbocycles. The van der Waals surface area contributed by atoms with Gasteiger partial charge in [0, 0.05) is 42.4 Å². The summed E-state index contributed by atoms with van der Waals surface area (Å²) in [6.07, 6.45) is 3.08. The lowest BCUT2D eigenvalue weighted by Gasteiger charge is -2.28. The second kappa shape index (κ2) is 9.88. The fourth-order valence-corrected chi connectivity index (χ4v) is 4.00. The maximum atomic E-state index is 14.2. The van der Waals surface area contributed by atoms with Crippen LogP contribution >= 0.6 is 11.3 Å². The Morgan fingerprint density at radius 1 is 1.19 bits per heavy atom. The van der Waals surface area contributed by atoms with Crippen LogP contribution in [0.5, 0.6) is 5.75 Å². The lowest BCUT2D eigenvalue weighted by Crippen LogP contribution is -2.36. The smallest absolute Gasteiger partial charge is 0.250 e. The van der Waals surface area contributed by atoms with Crippen molar-refractivity contribution in [2.45, 2.75) is 0 Å². The Labute approximate surface area is 188 Å². The van der Waals surface area contributed by atoms with Gasteiger partial charge in [-0.25, -0.2) is 13.8 Å². The van der Waals surface area contributed by atoms with Crippen molar-refractivity contribution in [3.05, 3.63) is 65.1 Å². The SMILES string of the molecule is COc1cc(F)c(-c2csc(NC(=O)/C=C/c3ccc(N4CCOCC4)cc3)n2)c(F)c1. The normalized spacial score (nSPS) is 14.0. The molecular weight excluding hydrogens is 436 g/mol. The number of rotatable bonds is 6. The first-order valence-electron chi connectivity index (χ1n) is 9.94. The molecule has 0 unspecified atom stereocenters. The zero-order valence-corrected chi connectivity index (χ0v) is 18.1. The highest BCUT2D eigenvalue weighted by Gasteiger charge is 2.17. The van der Waals surface area contributed by atoms with Gasteiger partial charge in [-0.15, -0.1) is 11.3 Å². The highest BCUT2D eigenvalue weighted by molar-refractivity contribution is 7.14. The van der Waals surface area contributed by atoms with Crippen molar-refractivity contribution in [3.63, 3.8) is 0 Å². The van der Waals surface area contributed by atoms with Gasteiger partial charge in [0.1, 0.15) is 17.4 Å². The van der Waals surface area contributed by atoms with Gasteiger partial charge in [-0.3, -0.25) is 10.1 Å². The third kappa shape index (κ3) is 5.12. The van der Waals surface area contributed by atoms with Gasteiger partial charge in [0.25, 0.3) is 0 Å². The van der Waals surface area contributed by atoms with Crippen LogP contribution in [0.4, 0.5) is 19.6 Å². The van der Waals surface area contributed by atoms with Crippen molar-refractivity contribution in [2.24, 2.45) is 0 Å². The van der Waals surface area contributed by atoms with Crippen molar-refractivity contribution < 1.29 is 23.0 Å². The Balaban J connectivity index is 1.39. The molecule has 1 aliphatic rings. The van der Waals surface area contributed by atoms with E-state index in [1.807, 2.05) is 24.3 Å². The molecule has 1 amide bonds. The predicted molar refractivity (Wildman–Crippen MR) is 121 cm³/mol. The van der Waals surface area contributed by atoms with Crippen molar-refractivity contribution in [2.75, 3.05) is 43.6 Å². The molecule has 0 radical (unpaired) electrons. The Morgan fingerprint density at radius 2 is 1.88 bits per heavy atom. The minimum atomic E-state index is -0.787. The van der Waals surface area contributed by atoms with Gasteiger partial charge in [0.15, 0.2) is 5.13 Å². The summed E-state index contributed by atoms with van der Waals surface area (Å²) in [6.45, 7) is 3.16. The molecule has 1 saturated heterocycles. The molecule has 0 atom stereocenters. The van der Waals surface area contributed by atoms with Crippen LogP contribution in [0.2, 0.25) is 0 Å². The number of anilines is 2. The van der Waals surface area contributed by atoms with E-state index in [2.05, 4.69) is 15.2 Å². The van der Waals surface area contributed by atoms with Crippen molar-refractivity contribution in [3.8, 4) is 17.0 Å². The van der Waals surface area contributed by atoms with Gasteiger partial charge < -0.3 is 14.4 Å². The number of aromatic nitrogens is 1. The predicted octanol–water partition coefficient (Wildman–Crippen LogP) is 4.59. The van der Waals surface area contributed by atoms with E-state index in [0.717, 1.165) is 61.0 Å². The van der Waals surface area contributed by atoms with E-state index in [9.17, 15) is 13.6 Å². The van der Waals surface area contributed by atoms with Gasteiger partial charge in [-0.05, 0) is 23.8 Å². The molecule has 2 aromatic carbocycles. The van der Waals surface area contributed by atoms with Crippen LogP contribution in [-0.2, 0) is 9.53 Å². The second-order valence-corrected chi connectivity index (χ2v) is 7.88. The van der Waals surface area contributed by atoms with Gasteiger partial charge in [0.05, 0.1) is 31.6 Å². The van der Waals surface area contributed by atoms with Crippen molar-refractivity contribution in [1.29, 1.82) is 0 Å². The molecular formula is C23H21F2N3O3S. The number of carbonyl (C=O) groups is 1. The van der Waals surface area contributed by atoms with Crippen LogP contribution in [0.3, 0.4) is 0 Å². The molecule has 166 valence electrons. The number of nitrogens with zero attached hydrogens (tertiary/aromatic N) is 2. The number of ether oxygens (including phenoxy) is 2. The first kappa shape index (κ1) is 21.9. The van der Waals surface area contributed by atoms with E-state index in [-0.39, 0.29) is 28.0 Å². The largest absolute Gasteiger partial charge is 0.497 e. The number of benzene rings is 2. The Bertz CT molecular complexity index is 1100. The maximum Gasteiger partial charge on any atom is 0.250 e. The summed E-state index contributed by atoms with van der Waals surface area (Å²) >= 11 is 1.08. The zero-order chi connectivity index (χ0) is 22.5. The first-order valence-corrected chi connectivity index (χ1v) is 10.8. The second-order valence-electron chi connectivity index (χ2n) is 7.02. The molecule has 0 spiro atoms. The van der Waals surface area contributed by atoms with E-state index < -0.39 is 11.6 Å². The molecule has 1 fully saturated rings. The third-order valence-electron chi connectivity index (χ3n) is 4.94. The molecule has 0 bridgehead atoms. The molecule has 1 aromatic heterocycles. The Morgan fingerprint density at radius 3 is 2.53 bits per heavy atom. The molecule has 2 heterocycles. The van der Waals surface area contributed by atoms with Gasteiger partial charge in [-0.2, -0.15) is 0 Å². The molecule has 1 aliphatic heterocycles. The van der Waals surface area contributed by atoms with Crippen LogP contribution in [-0.4, -0.2) is 44.3 Å². The van der Waals surface area contributed by atoms with Crippen LogP contribution < -0.4 is 15.0 Å². The molecule has 1 N–H and O–H groups in total.